The summed E-state index contributed by atoms with van der Waals surface area (Å²) in [5.74, 6) is -1.23. The van der Waals surface area contributed by atoms with Crippen molar-refractivity contribution in [2.24, 2.45) is 11.5 Å². The normalized spacial score (nSPS) is 10.2. The van der Waals surface area contributed by atoms with Crippen LogP contribution in [0.5, 0.6) is 0 Å². The Morgan fingerprint density at radius 3 is 1.23 bits per heavy atom. The summed E-state index contributed by atoms with van der Waals surface area (Å²) in [5.41, 5.74) is 10.7. The Balaban J connectivity index is -0.000000111. The minimum Gasteiger partial charge on any atom is -1.00 e. The monoisotopic (exact) mass is 340 g/mol. The molecule has 0 unspecified atom stereocenters. The van der Waals surface area contributed by atoms with Crippen molar-refractivity contribution in [3.8, 4) is 0 Å². The Bertz CT molecular complexity index is 243. The number of carboxylic acid groups (broad SMARTS) is 1. The van der Waals surface area contributed by atoms with Crippen molar-refractivity contribution in [2.75, 3.05) is 68.5 Å². The quantitative estimate of drug-likeness (QED) is 0.365. The molecule has 0 atom stereocenters. The molecule has 0 bridgehead atoms. The fourth-order valence-corrected chi connectivity index (χ4v) is 1.13. The average molecular weight is 341 g/mol. The first-order valence-corrected chi connectivity index (χ1v) is 7.24. The van der Waals surface area contributed by atoms with Crippen molar-refractivity contribution in [3.05, 3.63) is 12.7 Å². The molecule has 0 fully saturated rings. The van der Waals surface area contributed by atoms with Crippen LogP contribution in [0.15, 0.2) is 12.7 Å². The van der Waals surface area contributed by atoms with Crippen LogP contribution in [0.25, 0.3) is 0 Å². The molecule has 0 heterocycles. The first-order chi connectivity index (χ1) is 9.39. The standard InChI is InChI=1S/2C6H17N2.C3H4O2.ClH/c2*1-8(2,3)6-4-5-7;1-2-3(4)5;/h2*4-7H2,1-3H3;2H,1H2,(H,4,5);1H/q2*+1;;/p-2. The lowest BCUT2D eigenvalue weighted by molar-refractivity contribution is -0.870. The topological polar surface area (TPSA) is 92.2 Å². The van der Waals surface area contributed by atoms with Gasteiger partial charge in [0.1, 0.15) is 0 Å². The van der Waals surface area contributed by atoms with E-state index in [1.807, 2.05) is 0 Å². The molecule has 0 aliphatic heterocycles. The summed E-state index contributed by atoms with van der Waals surface area (Å²) in [6.45, 7) is 6.88. The number of nitrogens with two attached hydrogens (primary N) is 2. The van der Waals surface area contributed by atoms with E-state index >= 15 is 0 Å². The van der Waals surface area contributed by atoms with Crippen molar-refractivity contribution < 1.29 is 31.3 Å². The van der Waals surface area contributed by atoms with Crippen LogP contribution < -0.4 is 29.0 Å². The van der Waals surface area contributed by atoms with Gasteiger partial charge in [0.2, 0.25) is 0 Å². The van der Waals surface area contributed by atoms with Crippen LogP contribution in [0.1, 0.15) is 12.8 Å². The van der Waals surface area contributed by atoms with Crippen molar-refractivity contribution in [1.29, 1.82) is 0 Å². The van der Waals surface area contributed by atoms with Crippen LogP contribution in [0.3, 0.4) is 0 Å². The second-order valence-corrected chi connectivity index (χ2v) is 6.84. The summed E-state index contributed by atoms with van der Waals surface area (Å²) in [7, 11) is 13.1. The number of halogens is 1. The number of carbonyl (C=O) groups excluding carboxylic acids is 1. The molecule has 0 amide bonds. The first-order valence-electron chi connectivity index (χ1n) is 7.24. The molecule has 0 aromatic carbocycles. The molecule has 22 heavy (non-hydrogen) atoms. The average Bonchev–Trinajstić information content (AvgIpc) is 2.33. The Labute approximate surface area is 143 Å². The summed E-state index contributed by atoms with van der Waals surface area (Å²) in [5, 5.41) is 9.14. The maximum absolute atomic E-state index is 9.14. The van der Waals surface area contributed by atoms with Gasteiger partial charge in [0.05, 0.1) is 61.3 Å². The summed E-state index contributed by atoms with van der Waals surface area (Å²) < 4.78 is 2.05. The number of aliphatic carboxylic acids is 1. The molecule has 0 radical (unpaired) electrons. The summed E-state index contributed by atoms with van der Waals surface area (Å²) in [6.07, 6.45) is 2.98. The highest BCUT2D eigenvalue weighted by atomic mass is 35.5. The highest BCUT2D eigenvalue weighted by molar-refractivity contribution is 5.76. The van der Waals surface area contributed by atoms with Gasteiger partial charge >= 0.3 is 0 Å². The Morgan fingerprint density at radius 1 is 0.955 bits per heavy atom. The molecule has 6 nitrogen and oxygen atoms in total. The number of nitrogens with zero attached hydrogens (tertiary/aromatic N) is 2. The van der Waals surface area contributed by atoms with E-state index in [0.29, 0.717) is 0 Å². The number of carbonyl (C=O) groups is 1. The minimum atomic E-state index is -1.23. The number of rotatable bonds is 7. The van der Waals surface area contributed by atoms with Crippen molar-refractivity contribution in [2.45, 2.75) is 12.8 Å². The van der Waals surface area contributed by atoms with Gasteiger partial charge in [-0.2, -0.15) is 0 Å². The van der Waals surface area contributed by atoms with Gasteiger partial charge in [0.25, 0.3) is 0 Å². The van der Waals surface area contributed by atoms with Gasteiger partial charge in [-0.15, -0.1) is 0 Å². The van der Waals surface area contributed by atoms with Crippen LogP contribution >= 0.6 is 0 Å². The molecular formula is C15H37ClN4O2. The molecule has 0 aromatic heterocycles. The maximum atomic E-state index is 9.14. The molecule has 0 aliphatic rings. The molecule has 7 heteroatoms. The highest BCUT2D eigenvalue weighted by Gasteiger charge is 2.03. The van der Waals surface area contributed by atoms with Crippen LogP contribution in [0, 0.1) is 0 Å². The van der Waals surface area contributed by atoms with Gasteiger partial charge in [-0.3, -0.25) is 0 Å². The smallest absolute Gasteiger partial charge is 0.0792 e. The molecule has 136 valence electrons. The van der Waals surface area contributed by atoms with Crippen LogP contribution in [-0.4, -0.2) is 83.4 Å². The Morgan fingerprint density at radius 2 is 1.18 bits per heavy atom. The molecule has 0 aromatic rings. The maximum Gasteiger partial charge on any atom is 0.0792 e. The number of carboxylic acids is 1. The second kappa shape index (κ2) is 16.7. The molecule has 0 saturated carbocycles. The fourth-order valence-electron chi connectivity index (χ4n) is 1.13. The van der Waals surface area contributed by atoms with E-state index in [0.717, 1.165) is 41.0 Å². The molecule has 0 aliphatic carbocycles. The second-order valence-electron chi connectivity index (χ2n) is 6.84. The predicted octanol–water partition coefficient (Wildman–Crippen LogP) is -3.99. The van der Waals surface area contributed by atoms with Crippen molar-refractivity contribution in [1.82, 2.24) is 0 Å². The third-order valence-electron chi connectivity index (χ3n) is 2.23. The van der Waals surface area contributed by atoms with Gasteiger partial charge in [-0.05, 0) is 19.2 Å². The number of hydrogen-bond donors (Lipinski definition) is 2. The number of hydrogen-bond acceptors (Lipinski definition) is 4. The largest absolute Gasteiger partial charge is 1.00 e. The minimum absolute atomic E-state index is 0. The van der Waals surface area contributed by atoms with Crippen LogP contribution in [-0.2, 0) is 4.79 Å². The lowest BCUT2D eigenvalue weighted by Crippen LogP contribution is -3.00. The van der Waals surface area contributed by atoms with Crippen LogP contribution in [0.2, 0.25) is 0 Å². The van der Waals surface area contributed by atoms with Gasteiger partial charge < -0.3 is 42.7 Å². The van der Waals surface area contributed by atoms with E-state index in [1.54, 1.807) is 0 Å². The SMILES string of the molecule is C=CC(=O)[O-].C[N+](C)(C)CCCN.C[N+](C)(C)CCCN.[Cl-]. The van der Waals surface area contributed by atoms with Gasteiger partial charge in [0.15, 0.2) is 0 Å². The van der Waals surface area contributed by atoms with Gasteiger partial charge in [-0.25, -0.2) is 0 Å². The predicted molar refractivity (Wildman–Crippen MR) is 88.3 cm³/mol. The van der Waals surface area contributed by atoms with Crippen molar-refractivity contribution >= 4 is 5.97 Å². The van der Waals surface area contributed by atoms with Crippen molar-refractivity contribution in [3.63, 3.8) is 0 Å². The summed E-state index contributed by atoms with van der Waals surface area (Å²) >= 11 is 0. The van der Waals surface area contributed by atoms with E-state index in [1.165, 1.54) is 13.1 Å². The van der Waals surface area contributed by atoms with E-state index in [9.17, 15) is 0 Å². The van der Waals surface area contributed by atoms with E-state index in [-0.39, 0.29) is 12.4 Å². The van der Waals surface area contributed by atoms with E-state index < -0.39 is 5.97 Å². The van der Waals surface area contributed by atoms with Gasteiger partial charge in [0, 0.05) is 12.8 Å². The molecule has 0 saturated heterocycles. The Hall–Kier alpha value is -0.660. The zero-order chi connectivity index (χ0) is 17.5. The molecule has 0 rings (SSSR count). The first kappa shape index (κ1) is 29.4. The van der Waals surface area contributed by atoms with E-state index in [2.05, 4.69) is 48.9 Å². The zero-order valence-electron chi connectivity index (χ0n) is 15.3. The number of quaternary nitrogens is 2. The molecule has 0 spiro atoms. The lowest BCUT2D eigenvalue weighted by atomic mass is 10.4. The zero-order valence-corrected chi connectivity index (χ0v) is 16.0. The molecular weight excluding hydrogens is 304 g/mol. The third-order valence-corrected chi connectivity index (χ3v) is 2.23. The fraction of sp³-hybridized carbons (Fsp3) is 0.800. The van der Waals surface area contributed by atoms with E-state index in [4.69, 9.17) is 21.4 Å². The lowest BCUT2D eigenvalue weighted by Gasteiger charge is -2.23. The molecule has 4 N–H and O–H groups in total. The highest BCUT2D eigenvalue weighted by Crippen LogP contribution is 1.90. The Kier molecular flexibility index (Phi) is 22.3. The summed E-state index contributed by atoms with van der Waals surface area (Å²) in [6, 6.07) is 0. The van der Waals surface area contributed by atoms with Crippen LogP contribution in [0.4, 0.5) is 0 Å². The summed E-state index contributed by atoms with van der Waals surface area (Å²) in [4.78, 5) is 9.14. The third kappa shape index (κ3) is 50.6. The van der Waals surface area contributed by atoms with Gasteiger partial charge in [-0.1, -0.05) is 6.58 Å².